The van der Waals surface area contributed by atoms with Crippen LogP contribution >= 0.6 is 11.6 Å². The summed E-state index contributed by atoms with van der Waals surface area (Å²) in [6.45, 7) is 0. The number of halogens is 1. The topological polar surface area (TPSA) is 82.3 Å². The van der Waals surface area contributed by atoms with Crippen LogP contribution < -0.4 is 10.5 Å². The Morgan fingerprint density at radius 3 is 2.68 bits per heavy atom. The molecule has 0 aliphatic rings. The first-order valence-corrected chi connectivity index (χ1v) is 7.52. The summed E-state index contributed by atoms with van der Waals surface area (Å²) in [7, 11) is -3.29. The van der Waals surface area contributed by atoms with E-state index in [2.05, 4.69) is 4.98 Å². The van der Waals surface area contributed by atoms with Gasteiger partial charge in [-0.2, -0.15) is 0 Å². The van der Waals surface area contributed by atoms with Gasteiger partial charge in [-0.3, -0.25) is 0 Å². The number of hydrogen-bond acceptors (Lipinski definition) is 5. The molecule has 0 aliphatic carbocycles. The summed E-state index contributed by atoms with van der Waals surface area (Å²) in [6, 6.07) is 7.60. The van der Waals surface area contributed by atoms with Crippen LogP contribution in [0, 0.1) is 0 Å². The first-order valence-electron chi connectivity index (χ1n) is 5.25. The van der Waals surface area contributed by atoms with E-state index in [1.165, 1.54) is 24.4 Å². The van der Waals surface area contributed by atoms with Crippen molar-refractivity contribution in [3.63, 3.8) is 0 Å². The van der Waals surface area contributed by atoms with E-state index in [0.717, 1.165) is 6.26 Å². The first kappa shape index (κ1) is 13.6. The maximum absolute atomic E-state index is 11.4. The molecule has 0 atom stereocenters. The zero-order valence-corrected chi connectivity index (χ0v) is 11.6. The summed E-state index contributed by atoms with van der Waals surface area (Å²) in [5.41, 5.74) is 5.98. The number of sulfone groups is 1. The molecule has 2 aromatic rings. The molecule has 5 nitrogen and oxygen atoms in total. The van der Waals surface area contributed by atoms with Crippen LogP contribution in [0.1, 0.15) is 0 Å². The number of nitrogen functional groups attached to an aromatic ring is 1. The first-order chi connectivity index (χ1) is 8.86. The SMILES string of the molecule is CS(=O)(=O)c1cccc(Oc2ncc(Cl)cc2N)c1. The van der Waals surface area contributed by atoms with Crippen molar-refractivity contribution >= 4 is 27.1 Å². The molecule has 100 valence electrons. The number of hydrogen-bond donors (Lipinski definition) is 1. The predicted molar refractivity (Wildman–Crippen MR) is 73.3 cm³/mol. The van der Waals surface area contributed by atoms with E-state index in [1.54, 1.807) is 12.1 Å². The molecule has 0 fully saturated rings. The summed E-state index contributed by atoms with van der Waals surface area (Å²) in [4.78, 5) is 4.10. The van der Waals surface area contributed by atoms with Crippen molar-refractivity contribution < 1.29 is 13.2 Å². The van der Waals surface area contributed by atoms with Crippen LogP contribution in [-0.4, -0.2) is 19.7 Å². The number of pyridine rings is 1. The van der Waals surface area contributed by atoms with Gasteiger partial charge >= 0.3 is 0 Å². The van der Waals surface area contributed by atoms with Crippen molar-refractivity contribution in [3.05, 3.63) is 41.6 Å². The van der Waals surface area contributed by atoms with Gasteiger partial charge in [0.2, 0.25) is 5.88 Å². The van der Waals surface area contributed by atoms with Crippen molar-refractivity contribution in [3.8, 4) is 11.6 Å². The molecule has 0 spiro atoms. The molecule has 1 aromatic heterocycles. The molecule has 0 bridgehead atoms. The summed E-state index contributed by atoms with van der Waals surface area (Å²) in [6.07, 6.45) is 2.52. The lowest BCUT2D eigenvalue weighted by Crippen LogP contribution is -1.98. The molecule has 1 aromatic carbocycles. The lowest BCUT2D eigenvalue weighted by molar-refractivity contribution is 0.464. The maximum atomic E-state index is 11.4. The summed E-state index contributed by atoms with van der Waals surface area (Å²) < 4.78 is 28.3. The normalized spacial score (nSPS) is 11.3. The van der Waals surface area contributed by atoms with E-state index in [1.807, 2.05) is 0 Å². The van der Waals surface area contributed by atoms with E-state index in [-0.39, 0.29) is 16.5 Å². The van der Waals surface area contributed by atoms with Gasteiger partial charge < -0.3 is 10.5 Å². The Labute approximate surface area is 115 Å². The molecule has 2 N–H and O–H groups in total. The Hall–Kier alpha value is -1.79. The van der Waals surface area contributed by atoms with Crippen molar-refractivity contribution in [1.82, 2.24) is 4.98 Å². The van der Waals surface area contributed by atoms with Gasteiger partial charge in [0.05, 0.1) is 15.6 Å². The molecular weight excluding hydrogens is 288 g/mol. The molecule has 0 radical (unpaired) electrons. The van der Waals surface area contributed by atoms with Crippen LogP contribution in [0.3, 0.4) is 0 Å². The molecule has 0 amide bonds. The molecule has 0 unspecified atom stereocenters. The largest absolute Gasteiger partial charge is 0.437 e. The molecule has 0 aliphatic heterocycles. The third kappa shape index (κ3) is 3.36. The van der Waals surface area contributed by atoms with E-state index in [0.29, 0.717) is 10.8 Å². The highest BCUT2D eigenvalue weighted by molar-refractivity contribution is 7.90. The van der Waals surface area contributed by atoms with Crippen LogP contribution in [0.2, 0.25) is 5.02 Å². The van der Waals surface area contributed by atoms with Gasteiger partial charge in [-0.1, -0.05) is 17.7 Å². The molecular formula is C12H11ClN2O3S. The fourth-order valence-corrected chi connectivity index (χ4v) is 2.23. The Balaban J connectivity index is 2.34. The van der Waals surface area contributed by atoms with Gasteiger partial charge in [-0.15, -0.1) is 0 Å². The predicted octanol–water partition coefficient (Wildman–Crippen LogP) is 2.51. The minimum Gasteiger partial charge on any atom is -0.437 e. The number of ether oxygens (including phenoxy) is 1. The molecule has 19 heavy (non-hydrogen) atoms. The number of nitrogens with two attached hydrogens (primary N) is 1. The Morgan fingerprint density at radius 1 is 1.32 bits per heavy atom. The van der Waals surface area contributed by atoms with Gasteiger partial charge in [0.25, 0.3) is 0 Å². The average Bonchev–Trinajstić information content (AvgIpc) is 2.32. The van der Waals surface area contributed by atoms with E-state index >= 15 is 0 Å². The monoisotopic (exact) mass is 298 g/mol. The maximum Gasteiger partial charge on any atom is 0.242 e. The summed E-state index contributed by atoms with van der Waals surface area (Å²) in [5, 5.41) is 0.398. The number of rotatable bonds is 3. The Bertz CT molecular complexity index is 717. The standard InChI is InChI=1S/C12H11ClN2O3S/c1-19(16,17)10-4-2-3-9(6-10)18-12-11(14)5-8(13)7-15-12/h2-7H,14H2,1H3. The average molecular weight is 299 g/mol. The number of nitrogens with zero attached hydrogens (tertiary/aromatic N) is 1. The molecule has 0 saturated heterocycles. The van der Waals surface area contributed by atoms with E-state index in [4.69, 9.17) is 22.1 Å². The van der Waals surface area contributed by atoms with Crippen molar-refractivity contribution in [1.29, 1.82) is 0 Å². The Morgan fingerprint density at radius 2 is 2.05 bits per heavy atom. The quantitative estimate of drug-likeness (QED) is 0.941. The molecule has 2 rings (SSSR count). The summed E-state index contributed by atoms with van der Waals surface area (Å²) in [5.74, 6) is 0.513. The van der Waals surface area contributed by atoms with Crippen LogP contribution in [0.15, 0.2) is 41.4 Å². The molecule has 0 saturated carbocycles. The van der Waals surface area contributed by atoms with E-state index in [9.17, 15) is 8.42 Å². The van der Waals surface area contributed by atoms with Crippen molar-refractivity contribution in [2.45, 2.75) is 4.90 Å². The second-order valence-corrected chi connectivity index (χ2v) is 6.35. The summed E-state index contributed by atoms with van der Waals surface area (Å²) >= 11 is 5.73. The van der Waals surface area contributed by atoms with Gasteiger partial charge in [-0.05, 0) is 24.3 Å². The zero-order chi connectivity index (χ0) is 14.0. The van der Waals surface area contributed by atoms with Gasteiger partial charge in [-0.25, -0.2) is 13.4 Å². The van der Waals surface area contributed by atoms with Gasteiger partial charge in [0, 0.05) is 12.5 Å². The van der Waals surface area contributed by atoms with Crippen LogP contribution in [0.25, 0.3) is 0 Å². The van der Waals surface area contributed by atoms with Crippen LogP contribution in [0.4, 0.5) is 5.69 Å². The molecule has 7 heteroatoms. The fourth-order valence-electron chi connectivity index (χ4n) is 1.41. The van der Waals surface area contributed by atoms with Gasteiger partial charge in [0.15, 0.2) is 9.84 Å². The highest BCUT2D eigenvalue weighted by Crippen LogP contribution is 2.28. The van der Waals surface area contributed by atoms with Crippen LogP contribution in [0.5, 0.6) is 11.6 Å². The highest BCUT2D eigenvalue weighted by atomic mass is 35.5. The highest BCUT2D eigenvalue weighted by Gasteiger charge is 2.10. The van der Waals surface area contributed by atoms with Crippen LogP contribution in [-0.2, 0) is 9.84 Å². The Kier molecular flexibility index (Phi) is 3.64. The van der Waals surface area contributed by atoms with E-state index < -0.39 is 9.84 Å². The fraction of sp³-hybridized carbons (Fsp3) is 0.0833. The number of aromatic nitrogens is 1. The second kappa shape index (κ2) is 5.07. The zero-order valence-electron chi connectivity index (χ0n) is 10.00. The molecule has 1 heterocycles. The minimum atomic E-state index is -3.29. The second-order valence-electron chi connectivity index (χ2n) is 3.90. The van der Waals surface area contributed by atoms with Crippen molar-refractivity contribution in [2.75, 3.05) is 12.0 Å². The van der Waals surface area contributed by atoms with Crippen molar-refractivity contribution in [2.24, 2.45) is 0 Å². The lowest BCUT2D eigenvalue weighted by atomic mass is 10.3. The lowest BCUT2D eigenvalue weighted by Gasteiger charge is -2.08. The smallest absolute Gasteiger partial charge is 0.242 e. The minimum absolute atomic E-state index is 0.164. The van der Waals surface area contributed by atoms with Gasteiger partial charge in [0.1, 0.15) is 5.75 Å². The third-order valence-electron chi connectivity index (χ3n) is 2.29. The number of benzene rings is 1. The third-order valence-corrected chi connectivity index (χ3v) is 3.61. The number of anilines is 1.